The van der Waals surface area contributed by atoms with Crippen molar-refractivity contribution < 1.29 is 28.0 Å². The van der Waals surface area contributed by atoms with Crippen LogP contribution in [0.25, 0.3) is 11.1 Å². The molecule has 0 bridgehead atoms. The highest BCUT2D eigenvalue weighted by Crippen LogP contribution is 2.53. The average Bonchev–Trinajstić information content (AvgIpc) is 3.73. The van der Waals surface area contributed by atoms with Gasteiger partial charge in [0.15, 0.2) is 16.6 Å². The summed E-state index contributed by atoms with van der Waals surface area (Å²) in [6.07, 6.45) is -0.109. The molecule has 0 aromatic heterocycles. The molecule has 14 heteroatoms. The van der Waals surface area contributed by atoms with Crippen LogP contribution in [0, 0.1) is 0 Å². The Morgan fingerprint density at radius 1 is 0.709 bits per heavy atom. The number of rotatable bonds is 11. The molecule has 12 nitrogen and oxygen atoms in total. The first kappa shape index (κ1) is 39.5. The third kappa shape index (κ3) is 6.50. The number of benzene rings is 2. The van der Waals surface area contributed by atoms with Crippen LogP contribution in [0.3, 0.4) is 0 Å². The van der Waals surface area contributed by atoms with E-state index in [0.29, 0.717) is 19.4 Å². The summed E-state index contributed by atoms with van der Waals surface area (Å²) in [6.45, 7) is 17.5. The molecule has 5 aliphatic heterocycles. The molecule has 0 aliphatic carbocycles. The van der Waals surface area contributed by atoms with E-state index in [0.717, 1.165) is 69.9 Å². The second-order valence-electron chi connectivity index (χ2n) is 16.5. The predicted octanol–water partition coefficient (Wildman–Crippen LogP) is 6.04. The lowest BCUT2D eigenvalue weighted by molar-refractivity contribution is -0.155. The van der Waals surface area contributed by atoms with E-state index < -0.39 is 58.5 Å². The summed E-state index contributed by atoms with van der Waals surface area (Å²) >= 11 is 0. The van der Waals surface area contributed by atoms with Crippen LogP contribution in [0.4, 0.5) is 11.4 Å². The molecule has 0 saturated carbocycles. The van der Waals surface area contributed by atoms with E-state index in [1.807, 2.05) is 0 Å². The van der Waals surface area contributed by atoms with Gasteiger partial charge in [0.2, 0.25) is 23.6 Å². The van der Waals surface area contributed by atoms with E-state index in [9.17, 15) is 19.2 Å². The predicted molar refractivity (Wildman–Crippen MR) is 219 cm³/mol. The maximum Gasteiger partial charge on any atom is 0.247 e. The minimum Gasteiger partial charge on any atom is -0.410 e. The van der Waals surface area contributed by atoms with Crippen LogP contribution in [0.2, 0.25) is 36.3 Å². The minimum atomic E-state index is -2.24. The minimum absolute atomic E-state index is 0.0882. The van der Waals surface area contributed by atoms with Gasteiger partial charge in [0.25, 0.3) is 0 Å². The van der Waals surface area contributed by atoms with Crippen LogP contribution in [-0.2, 0) is 33.4 Å². The molecule has 55 heavy (non-hydrogen) atoms. The highest BCUT2D eigenvalue weighted by molar-refractivity contribution is 6.74. The normalized spacial score (nSPS) is 29.0. The number of hydrogen-bond donors (Lipinski definition) is 4. The topological polar surface area (TPSA) is 141 Å². The summed E-state index contributed by atoms with van der Waals surface area (Å²) in [6, 6.07) is 16.1. The summed E-state index contributed by atoms with van der Waals surface area (Å²) in [4.78, 5) is 57.8. The summed E-state index contributed by atoms with van der Waals surface area (Å²) in [5.41, 5.74) is 5.34. The molecular formula is C41H60N6O6Si2. The van der Waals surface area contributed by atoms with Gasteiger partial charge >= 0.3 is 0 Å². The highest BCUT2D eigenvalue weighted by atomic mass is 28.4. The van der Waals surface area contributed by atoms with Gasteiger partial charge in [-0.25, -0.2) is 0 Å². The van der Waals surface area contributed by atoms with E-state index in [1.165, 1.54) is 0 Å². The molecule has 7 atom stereocenters. The SMILES string of the molecule is CC[Si](CC)(CC)OC1N2C(=O)[C@H](C)NC(=O)[C@@H]2C[C@@]12CNc1ccc(-c3ccc4c(c3)[C@H](O[Si](CC)(CC)CC)C[C@H]3C(=O)N[C@@H](C)C(=O)N3CN4)cc12. The van der Waals surface area contributed by atoms with E-state index in [1.54, 1.807) is 23.6 Å². The second kappa shape index (κ2) is 15.0. The van der Waals surface area contributed by atoms with Gasteiger partial charge in [-0.05, 0) is 97.5 Å². The zero-order valence-electron chi connectivity index (χ0n) is 33.8. The Morgan fingerprint density at radius 2 is 1.27 bits per heavy atom. The Balaban J connectivity index is 1.32. The van der Waals surface area contributed by atoms with E-state index in [2.05, 4.69) is 99.2 Å². The Bertz CT molecular complexity index is 1840. The maximum atomic E-state index is 13.9. The Hall–Kier alpha value is -3.73. The molecule has 3 saturated heterocycles. The van der Waals surface area contributed by atoms with Crippen molar-refractivity contribution in [1.82, 2.24) is 20.4 Å². The maximum absolute atomic E-state index is 13.9. The number of anilines is 2. The molecule has 1 spiro atoms. The van der Waals surface area contributed by atoms with Gasteiger partial charge in [0.1, 0.15) is 30.4 Å². The third-order valence-corrected chi connectivity index (χ3v) is 23.2. The van der Waals surface area contributed by atoms with Crippen molar-refractivity contribution in [3.63, 3.8) is 0 Å². The van der Waals surface area contributed by atoms with E-state index in [4.69, 9.17) is 8.85 Å². The number of fused-ring (bicyclic) bond motifs is 5. The Kier molecular flexibility index (Phi) is 10.8. The summed E-state index contributed by atoms with van der Waals surface area (Å²) < 4.78 is 14.6. The van der Waals surface area contributed by atoms with Crippen molar-refractivity contribution in [1.29, 1.82) is 0 Å². The van der Waals surface area contributed by atoms with Crippen molar-refractivity contribution in [3.8, 4) is 11.1 Å². The Labute approximate surface area is 328 Å². The van der Waals surface area contributed by atoms with Crippen molar-refractivity contribution in [2.45, 2.75) is 146 Å². The molecule has 5 aliphatic rings. The van der Waals surface area contributed by atoms with Gasteiger partial charge in [0, 0.05) is 29.9 Å². The molecule has 1 unspecified atom stereocenters. The first-order valence-electron chi connectivity index (χ1n) is 20.7. The standard InChI is InChI=1S/C41H60N6O6Si2/c1-9-54(10-2,11-3)52-35-21-33-36(48)44-25(7)38(50)46(33)24-43-31-17-15-27(19-29(31)35)28-16-18-32-30(20-28)41(23-42-32)22-34-37(49)45-26(8)39(51)47(34)40(41)53-55(12-4,13-5)14-6/h15-20,25-26,33-35,40,42-43H,9-14,21-24H2,1-8H3,(H,44,48)(H,45,49)/t25-,26-,33-,34-,35+,40?,41-/m0/s1. The number of nitrogens with one attached hydrogen (secondary N) is 4. The average molecular weight is 789 g/mol. The fraction of sp³-hybridized carbons (Fsp3) is 0.610. The summed E-state index contributed by atoms with van der Waals surface area (Å²) in [7, 11) is -4.41. The number of amides is 4. The number of carbonyl (C=O) groups is 4. The fourth-order valence-electron chi connectivity index (χ4n) is 9.92. The first-order valence-corrected chi connectivity index (χ1v) is 25.7. The van der Waals surface area contributed by atoms with Crippen LogP contribution in [0.1, 0.15) is 85.5 Å². The number of piperazine rings is 2. The third-order valence-electron chi connectivity index (χ3n) is 14.0. The van der Waals surface area contributed by atoms with Gasteiger partial charge in [-0.2, -0.15) is 0 Å². The van der Waals surface area contributed by atoms with Crippen molar-refractivity contribution >= 4 is 51.6 Å². The summed E-state index contributed by atoms with van der Waals surface area (Å²) in [5.74, 6) is -0.457. The quantitative estimate of drug-likeness (QED) is 0.202. The van der Waals surface area contributed by atoms with Gasteiger partial charge in [-0.15, -0.1) is 0 Å². The lowest BCUT2D eigenvalue weighted by atomic mass is 9.78. The fourth-order valence-corrected chi connectivity index (χ4v) is 15.6. The van der Waals surface area contributed by atoms with Crippen LogP contribution in [0.5, 0.6) is 0 Å². The lowest BCUT2D eigenvalue weighted by Gasteiger charge is -2.44. The van der Waals surface area contributed by atoms with Gasteiger partial charge < -0.3 is 39.9 Å². The van der Waals surface area contributed by atoms with Crippen LogP contribution < -0.4 is 21.3 Å². The zero-order valence-corrected chi connectivity index (χ0v) is 35.8. The molecule has 4 amide bonds. The van der Waals surface area contributed by atoms with Crippen LogP contribution in [-0.4, -0.2) is 93.7 Å². The number of hydrogen-bond acceptors (Lipinski definition) is 8. The number of carbonyl (C=O) groups excluding carboxylic acids is 4. The highest BCUT2D eigenvalue weighted by Gasteiger charge is 2.63. The zero-order chi connectivity index (χ0) is 39.4. The van der Waals surface area contributed by atoms with E-state index in [-0.39, 0.29) is 30.3 Å². The summed E-state index contributed by atoms with van der Waals surface area (Å²) in [5, 5.41) is 13.0. The molecule has 5 heterocycles. The van der Waals surface area contributed by atoms with Crippen molar-refractivity contribution in [3.05, 3.63) is 47.5 Å². The molecule has 2 aromatic rings. The van der Waals surface area contributed by atoms with Crippen molar-refractivity contribution in [2.24, 2.45) is 0 Å². The number of nitrogens with zero attached hydrogens (tertiary/aromatic N) is 2. The van der Waals surface area contributed by atoms with Gasteiger partial charge in [-0.3, -0.25) is 19.2 Å². The largest absolute Gasteiger partial charge is 0.410 e. The molecular weight excluding hydrogens is 729 g/mol. The molecule has 4 N–H and O–H groups in total. The van der Waals surface area contributed by atoms with E-state index >= 15 is 0 Å². The lowest BCUT2D eigenvalue weighted by Crippen LogP contribution is -2.64. The van der Waals surface area contributed by atoms with Gasteiger partial charge in [0.05, 0.1) is 18.2 Å². The molecule has 298 valence electrons. The first-order chi connectivity index (χ1) is 26.3. The molecule has 7 rings (SSSR count). The van der Waals surface area contributed by atoms with Gasteiger partial charge in [-0.1, -0.05) is 53.7 Å². The van der Waals surface area contributed by atoms with Crippen LogP contribution in [0.15, 0.2) is 36.4 Å². The van der Waals surface area contributed by atoms with Crippen molar-refractivity contribution in [2.75, 3.05) is 23.8 Å². The Morgan fingerprint density at radius 3 is 1.91 bits per heavy atom. The monoisotopic (exact) mass is 788 g/mol. The second-order valence-corrected chi connectivity index (χ2v) is 25.9. The smallest absolute Gasteiger partial charge is 0.247 e. The molecule has 2 aromatic carbocycles. The van der Waals surface area contributed by atoms with Crippen LogP contribution >= 0.6 is 0 Å². The molecule has 3 fully saturated rings. The molecule has 0 radical (unpaired) electrons.